The number of nitrogens with zero attached hydrogens (tertiary/aromatic N) is 5. The van der Waals surface area contributed by atoms with Gasteiger partial charge in [-0.15, -0.1) is 5.10 Å². The van der Waals surface area contributed by atoms with Gasteiger partial charge >= 0.3 is 0 Å². The highest BCUT2D eigenvalue weighted by Gasteiger charge is 2.10. The summed E-state index contributed by atoms with van der Waals surface area (Å²) in [7, 11) is 0. The highest BCUT2D eigenvalue weighted by Crippen LogP contribution is 2.19. The topological polar surface area (TPSA) is 121 Å². The molecule has 0 saturated carbocycles. The van der Waals surface area contributed by atoms with Crippen LogP contribution in [0.15, 0.2) is 54.7 Å². The van der Waals surface area contributed by atoms with Crippen molar-refractivity contribution in [3.05, 3.63) is 65.9 Å². The molecule has 0 atom stereocenters. The van der Waals surface area contributed by atoms with Gasteiger partial charge in [0.25, 0.3) is 0 Å². The van der Waals surface area contributed by atoms with Gasteiger partial charge in [0.15, 0.2) is 11.2 Å². The number of fused-ring (bicyclic) bond motifs is 1. The number of hydrogen-bond donors (Lipinski definition) is 3. The van der Waals surface area contributed by atoms with Gasteiger partial charge in [0.1, 0.15) is 0 Å². The molecule has 5 N–H and O–H groups in total. The molecule has 2 aromatic carbocycles. The largest absolute Gasteiger partial charge is 0.326 e. The van der Waals surface area contributed by atoms with Gasteiger partial charge < -0.3 is 16.8 Å². The lowest BCUT2D eigenvalue weighted by Gasteiger charge is -2.07. The monoisotopic (exact) mass is 346 g/mol. The number of anilines is 2. The summed E-state index contributed by atoms with van der Waals surface area (Å²) in [6.45, 7) is 0.969. The Morgan fingerprint density at radius 3 is 2.54 bits per heavy atom. The van der Waals surface area contributed by atoms with Crippen molar-refractivity contribution in [1.29, 1.82) is 0 Å². The molecular weight excluding hydrogens is 328 g/mol. The summed E-state index contributed by atoms with van der Waals surface area (Å²) >= 11 is 0. The molecule has 4 aromatic rings. The summed E-state index contributed by atoms with van der Waals surface area (Å²) in [6.07, 6.45) is 1.65. The lowest BCUT2D eigenvalue weighted by molar-refractivity contribution is 0.815. The molecule has 0 fully saturated rings. The van der Waals surface area contributed by atoms with E-state index < -0.39 is 0 Å². The zero-order chi connectivity index (χ0) is 17.9. The van der Waals surface area contributed by atoms with Crippen LogP contribution in [0.25, 0.3) is 16.9 Å². The number of aromatic nitrogens is 5. The van der Waals surface area contributed by atoms with Gasteiger partial charge in [-0.1, -0.05) is 29.5 Å². The Labute approximate surface area is 149 Å². The predicted molar refractivity (Wildman–Crippen MR) is 100.0 cm³/mol. The van der Waals surface area contributed by atoms with E-state index in [0.29, 0.717) is 30.2 Å². The van der Waals surface area contributed by atoms with Crippen molar-refractivity contribution in [1.82, 2.24) is 25.0 Å². The molecule has 2 heterocycles. The van der Waals surface area contributed by atoms with E-state index in [1.165, 1.54) is 0 Å². The number of benzene rings is 2. The summed E-state index contributed by atoms with van der Waals surface area (Å²) in [6, 6.07) is 15.6. The number of nitrogens with one attached hydrogen (secondary N) is 1. The average molecular weight is 346 g/mol. The van der Waals surface area contributed by atoms with E-state index in [2.05, 4.69) is 25.6 Å². The van der Waals surface area contributed by atoms with E-state index in [9.17, 15) is 0 Å². The molecule has 8 heteroatoms. The first-order chi connectivity index (χ1) is 12.8. The normalized spacial score (nSPS) is 11.0. The first kappa shape index (κ1) is 16.1. The van der Waals surface area contributed by atoms with Gasteiger partial charge in [0, 0.05) is 18.8 Å². The molecule has 0 saturated heterocycles. The van der Waals surface area contributed by atoms with Gasteiger partial charge in [0.05, 0.1) is 11.9 Å². The lowest BCUT2D eigenvalue weighted by atomic mass is 10.2. The highest BCUT2D eigenvalue weighted by atomic mass is 15.4. The van der Waals surface area contributed by atoms with Crippen LogP contribution in [-0.2, 0) is 13.1 Å². The number of nitrogens with two attached hydrogens (primary N) is 2. The minimum absolute atomic E-state index is 0.459. The summed E-state index contributed by atoms with van der Waals surface area (Å²) < 4.78 is 1.68. The Morgan fingerprint density at radius 2 is 1.77 bits per heavy atom. The fraction of sp³-hybridized carbons (Fsp3) is 0.111. The third-order valence-corrected chi connectivity index (χ3v) is 4.03. The van der Waals surface area contributed by atoms with Crippen molar-refractivity contribution in [2.75, 3.05) is 5.32 Å². The molecular formula is C18H18N8. The Morgan fingerprint density at radius 1 is 0.962 bits per heavy atom. The fourth-order valence-electron chi connectivity index (χ4n) is 2.63. The summed E-state index contributed by atoms with van der Waals surface area (Å²) in [5, 5.41) is 11.5. The van der Waals surface area contributed by atoms with Gasteiger partial charge in [-0.2, -0.15) is 9.67 Å². The molecule has 130 valence electrons. The fourth-order valence-corrected chi connectivity index (χ4v) is 2.63. The third-order valence-electron chi connectivity index (χ3n) is 4.03. The van der Waals surface area contributed by atoms with Crippen molar-refractivity contribution < 1.29 is 0 Å². The van der Waals surface area contributed by atoms with Gasteiger partial charge in [-0.25, -0.2) is 4.98 Å². The molecule has 0 aliphatic carbocycles. The van der Waals surface area contributed by atoms with Crippen molar-refractivity contribution in [2.45, 2.75) is 13.1 Å². The van der Waals surface area contributed by atoms with Crippen LogP contribution in [0.2, 0.25) is 0 Å². The van der Waals surface area contributed by atoms with Crippen LogP contribution in [-0.4, -0.2) is 25.0 Å². The zero-order valence-corrected chi connectivity index (χ0v) is 14.0. The van der Waals surface area contributed by atoms with Crippen LogP contribution in [0.4, 0.5) is 11.6 Å². The van der Waals surface area contributed by atoms with Crippen LogP contribution in [0.3, 0.4) is 0 Å². The first-order valence-corrected chi connectivity index (χ1v) is 8.20. The molecule has 0 radical (unpaired) electrons. The average Bonchev–Trinajstić information content (AvgIpc) is 3.12. The SMILES string of the molecule is NCc1ccc(Nc2ncc3nnn(-c4cccc(CN)c4)c3n2)cc1. The molecule has 0 amide bonds. The third kappa shape index (κ3) is 3.10. The molecule has 0 bridgehead atoms. The van der Waals surface area contributed by atoms with Crippen LogP contribution in [0.1, 0.15) is 11.1 Å². The first-order valence-electron chi connectivity index (χ1n) is 8.20. The molecule has 2 aromatic heterocycles. The van der Waals surface area contributed by atoms with Gasteiger partial charge in [0.2, 0.25) is 5.95 Å². The van der Waals surface area contributed by atoms with Crippen LogP contribution in [0.5, 0.6) is 0 Å². The second-order valence-electron chi connectivity index (χ2n) is 5.80. The Kier molecular flexibility index (Phi) is 4.26. The quantitative estimate of drug-likeness (QED) is 0.504. The standard InChI is InChI=1S/C18H18N8/c19-9-12-4-6-14(7-5-12)22-18-21-11-16-17(23-18)26(25-24-16)15-3-1-2-13(8-15)10-20/h1-8,11H,9-10,19-20H2,(H,21,22,23). The van der Waals surface area contributed by atoms with Crippen LogP contribution < -0.4 is 16.8 Å². The van der Waals surface area contributed by atoms with E-state index in [1.807, 2.05) is 48.5 Å². The van der Waals surface area contributed by atoms with E-state index in [4.69, 9.17) is 11.5 Å². The van der Waals surface area contributed by atoms with Crippen molar-refractivity contribution in [2.24, 2.45) is 11.5 Å². The molecule has 8 nitrogen and oxygen atoms in total. The van der Waals surface area contributed by atoms with E-state index in [1.54, 1.807) is 10.9 Å². The lowest BCUT2D eigenvalue weighted by Crippen LogP contribution is -2.03. The van der Waals surface area contributed by atoms with Gasteiger partial charge in [-0.3, -0.25) is 0 Å². The second-order valence-corrected chi connectivity index (χ2v) is 5.80. The minimum Gasteiger partial charge on any atom is -0.326 e. The molecule has 0 aliphatic heterocycles. The maximum Gasteiger partial charge on any atom is 0.229 e. The molecule has 0 unspecified atom stereocenters. The van der Waals surface area contributed by atoms with Crippen molar-refractivity contribution >= 4 is 22.8 Å². The minimum atomic E-state index is 0.459. The van der Waals surface area contributed by atoms with E-state index >= 15 is 0 Å². The Bertz CT molecular complexity index is 1040. The second kappa shape index (κ2) is 6.87. The van der Waals surface area contributed by atoms with Gasteiger partial charge in [-0.05, 0) is 35.4 Å². The van der Waals surface area contributed by atoms with Crippen LogP contribution >= 0.6 is 0 Å². The molecule has 0 spiro atoms. The summed E-state index contributed by atoms with van der Waals surface area (Å²) in [5.41, 5.74) is 16.4. The van der Waals surface area contributed by atoms with E-state index in [-0.39, 0.29) is 0 Å². The highest BCUT2D eigenvalue weighted by molar-refractivity contribution is 5.72. The summed E-state index contributed by atoms with van der Waals surface area (Å²) in [4.78, 5) is 8.87. The number of hydrogen-bond acceptors (Lipinski definition) is 7. The summed E-state index contributed by atoms with van der Waals surface area (Å²) in [5.74, 6) is 0.469. The smallest absolute Gasteiger partial charge is 0.229 e. The molecule has 26 heavy (non-hydrogen) atoms. The molecule has 0 aliphatic rings. The maximum absolute atomic E-state index is 5.73. The number of rotatable bonds is 5. The van der Waals surface area contributed by atoms with Crippen molar-refractivity contribution in [3.8, 4) is 5.69 Å². The Hall–Kier alpha value is -3.36. The van der Waals surface area contributed by atoms with Crippen molar-refractivity contribution in [3.63, 3.8) is 0 Å². The molecule has 4 rings (SSSR count). The maximum atomic E-state index is 5.73. The van der Waals surface area contributed by atoms with E-state index in [0.717, 1.165) is 22.5 Å². The predicted octanol–water partition coefficient (Wildman–Crippen LogP) is 1.87. The zero-order valence-electron chi connectivity index (χ0n) is 14.0. The van der Waals surface area contributed by atoms with Crippen LogP contribution in [0, 0.1) is 0 Å². The Balaban J connectivity index is 1.69.